The van der Waals surface area contributed by atoms with Crippen molar-refractivity contribution in [1.29, 1.82) is 0 Å². The van der Waals surface area contributed by atoms with E-state index < -0.39 is 26.6 Å². The molecule has 228 valence electrons. The van der Waals surface area contributed by atoms with Gasteiger partial charge in [-0.05, 0) is 62.0 Å². The summed E-state index contributed by atoms with van der Waals surface area (Å²) < 4.78 is 72.8. The van der Waals surface area contributed by atoms with E-state index in [1.165, 1.54) is 18.2 Å². The van der Waals surface area contributed by atoms with Crippen LogP contribution in [0, 0.1) is 11.6 Å². The lowest BCUT2D eigenvalue weighted by Crippen LogP contribution is -2.44. The third-order valence-electron chi connectivity index (χ3n) is 7.05. The molecule has 13 heteroatoms. The molecular formula is C30H31ClF2N4O5S. The van der Waals surface area contributed by atoms with Gasteiger partial charge >= 0.3 is 0 Å². The van der Waals surface area contributed by atoms with Crippen molar-refractivity contribution >= 4 is 38.2 Å². The van der Waals surface area contributed by atoms with E-state index >= 15 is 0 Å². The molecule has 1 saturated heterocycles. The minimum Gasteiger partial charge on any atom is -0.493 e. The Labute approximate surface area is 254 Å². The quantitative estimate of drug-likeness (QED) is 0.208. The normalized spacial score (nSPS) is 14.5. The molecule has 0 spiro atoms. The van der Waals surface area contributed by atoms with E-state index in [-0.39, 0.29) is 16.5 Å². The highest BCUT2D eigenvalue weighted by molar-refractivity contribution is 7.92. The zero-order valence-corrected chi connectivity index (χ0v) is 25.2. The largest absolute Gasteiger partial charge is 0.493 e. The van der Waals surface area contributed by atoms with Crippen molar-refractivity contribution in [3.63, 3.8) is 0 Å². The fourth-order valence-corrected chi connectivity index (χ4v) is 6.05. The molecule has 0 atom stereocenters. The summed E-state index contributed by atoms with van der Waals surface area (Å²) in [6, 6.07) is 11.6. The number of hydrogen-bond donors (Lipinski definition) is 1. The van der Waals surface area contributed by atoms with Crippen molar-refractivity contribution in [2.45, 2.75) is 11.3 Å². The highest BCUT2D eigenvalue weighted by Gasteiger charge is 2.21. The second-order valence-electron chi connectivity index (χ2n) is 10.1. The number of fused-ring (bicyclic) bond motifs is 1. The van der Waals surface area contributed by atoms with E-state index in [0.717, 1.165) is 51.3 Å². The average molecular weight is 633 g/mol. The van der Waals surface area contributed by atoms with Gasteiger partial charge in [0, 0.05) is 50.4 Å². The number of pyridine rings is 1. The van der Waals surface area contributed by atoms with Crippen LogP contribution in [0.5, 0.6) is 23.0 Å². The molecule has 0 saturated carbocycles. The van der Waals surface area contributed by atoms with Gasteiger partial charge in [0.05, 0.1) is 29.9 Å². The minimum atomic E-state index is -4.41. The number of piperazine rings is 1. The zero-order valence-electron chi connectivity index (χ0n) is 23.6. The Balaban J connectivity index is 1.28. The Morgan fingerprint density at radius 3 is 2.49 bits per heavy atom. The van der Waals surface area contributed by atoms with Crippen molar-refractivity contribution < 1.29 is 31.4 Å². The van der Waals surface area contributed by atoms with Crippen LogP contribution < -0.4 is 18.9 Å². The van der Waals surface area contributed by atoms with E-state index in [2.05, 4.69) is 26.6 Å². The first kappa shape index (κ1) is 30.7. The Hall–Kier alpha value is -3.71. The number of nitrogens with zero attached hydrogens (tertiary/aromatic N) is 3. The standard InChI is InChI=1S/C30H31ClF2N4O5S/c1-36-11-13-37(14-12-36)10-3-15-41-29-19-25-22(18-28(29)40-2)26(8-9-34-25)42-27-7-5-21(17-23(27)31)35-43(38,39)30-16-20(32)4-6-24(30)33/h4-9,16-19,35H,3,10-15H2,1-2H3. The van der Waals surface area contributed by atoms with Crippen LogP contribution in [0.2, 0.25) is 5.02 Å². The Kier molecular flexibility index (Phi) is 9.50. The SMILES string of the molecule is COc1cc2c(Oc3ccc(NS(=O)(=O)c4cc(F)ccc4F)cc3Cl)ccnc2cc1OCCCN1CCN(C)CC1. The summed E-state index contributed by atoms with van der Waals surface area (Å²) >= 11 is 6.42. The van der Waals surface area contributed by atoms with Crippen LogP contribution in [0.4, 0.5) is 14.5 Å². The van der Waals surface area contributed by atoms with Crippen LogP contribution in [0.15, 0.2) is 65.7 Å². The molecule has 1 aliphatic heterocycles. The van der Waals surface area contributed by atoms with Gasteiger partial charge in [-0.3, -0.25) is 9.71 Å². The summed E-state index contributed by atoms with van der Waals surface area (Å²) in [5, 5.41) is 0.726. The summed E-state index contributed by atoms with van der Waals surface area (Å²) in [5.74, 6) is -0.212. The Bertz CT molecular complexity index is 1720. The highest BCUT2D eigenvalue weighted by Crippen LogP contribution is 2.39. The number of halogens is 3. The molecule has 0 unspecified atom stereocenters. The fraction of sp³-hybridized carbons (Fsp3) is 0.300. The van der Waals surface area contributed by atoms with Gasteiger partial charge in [0.15, 0.2) is 11.5 Å². The lowest BCUT2D eigenvalue weighted by atomic mass is 10.1. The second kappa shape index (κ2) is 13.3. The first-order chi connectivity index (χ1) is 20.6. The molecule has 0 radical (unpaired) electrons. The van der Waals surface area contributed by atoms with Crippen molar-refractivity contribution in [1.82, 2.24) is 14.8 Å². The van der Waals surface area contributed by atoms with Gasteiger partial charge in [-0.1, -0.05) is 11.6 Å². The molecule has 1 N–H and O–H groups in total. The van der Waals surface area contributed by atoms with Crippen LogP contribution in [0.3, 0.4) is 0 Å². The van der Waals surface area contributed by atoms with Gasteiger partial charge < -0.3 is 24.0 Å². The second-order valence-corrected chi connectivity index (χ2v) is 12.2. The van der Waals surface area contributed by atoms with E-state index in [0.29, 0.717) is 40.8 Å². The van der Waals surface area contributed by atoms with E-state index in [1.54, 1.807) is 31.5 Å². The molecule has 5 rings (SSSR count). The predicted octanol–water partition coefficient (Wildman–Crippen LogP) is 5.78. The van der Waals surface area contributed by atoms with Crippen molar-refractivity contribution in [2.24, 2.45) is 0 Å². The highest BCUT2D eigenvalue weighted by atomic mass is 35.5. The third-order valence-corrected chi connectivity index (χ3v) is 8.74. The number of hydrogen-bond acceptors (Lipinski definition) is 8. The zero-order chi connectivity index (χ0) is 30.6. The molecular weight excluding hydrogens is 602 g/mol. The van der Waals surface area contributed by atoms with Gasteiger partial charge in [0.2, 0.25) is 0 Å². The van der Waals surface area contributed by atoms with Gasteiger partial charge in [0.1, 0.15) is 28.0 Å². The number of anilines is 1. The van der Waals surface area contributed by atoms with Gasteiger partial charge in [-0.15, -0.1) is 0 Å². The van der Waals surface area contributed by atoms with Crippen molar-refractivity contribution in [3.8, 4) is 23.0 Å². The number of sulfonamides is 1. The monoisotopic (exact) mass is 632 g/mol. The van der Waals surface area contributed by atoms with Gasteiger partial charge in [-0.25, -0.2) is 17.2 Å². The predicted molar refractivity (Wildman–Crippen MR) is 161 cm³/mol. The number of ether oxygens (including phenoxy) is 3. The number of nitrogens with one attached hydrogen (secondary N) is 1. The third kappa shape index (κ3) is 7.45. The summed E-state index contributed by atoms with van der Waals surface area (Å²) in [4.78, 5) is 8.39. The molecule has 1 fully saturated rings. The molecule has 0 aliphatic carbocycles. The number of likely N-dealkylation sites (N-methyl/N-ethyl adjacent to an activating group) is 1. The molecule has 43 heavy (non-hydrogen) atoms. The number of rotatable bonds is 11. The smallest absolute Gasteiger partial charge is 0.264 e. The molecule has 4 aromatic rings. The Morgan fingerprint density at radius 2 is 1.74 bits per heavy atom. The molecule has 0 bridgehead atoms. The fourth-order valence-electron chi connectivity index (χ4n) is 4.69. The van der Waals surface area contributed by atoms with Crippen LogP contribution >= 0.6 is 11.6 Å². The molecule has 1 aliphatic rings. The number of aromatic nitrogens is 1. The first-order valence-corrected chi connectivity index (χ1v) is 15.4. The molecule has 1 aromatic heterocycles. The maximum absolute atomic E-state index is 14.1. The van der Waals surface area contributed by atoms with Crippen LogP contribution in [-0.4, -0.2) is 76.7 Å². The van der Waals surface area contributed by atoms with Crippen molar-refractivity contribution in [3.05, 3.63) is 77.5 Å². The summed E-state index contributed by atoms with van der Waals surface area (Å²) in [6.07, 6.45) is 2.47. The summed E-state index contributed by atoms with van der Waals surface area (Å²) in [6.45, 7) is 5.74. The van der Waals surface area contributed by atoms with Crippen LogP contribution in [0.25, 0.3) is 10.9 Å². The van der Waals surface area contributed by atoms with Gasteiger partial charge in [0.25, 0.3) is 10.0 Å². The van der Waals surface area contributed by atoms with E-state index in [1.807, 2.05) is 0 Å². The van der Waals surface area contributed by atoms with Crippen LogP contribution in [0.1, 0.15) is 6.42 Å². The van der Waals surface area contributed by atoms with Crippen molar-refractivity contribution in [2.75, 3.05) is 58.2 Å². The van der Waals surface area contributed by atoms with Crippen LogP contribution in [-0.2, 0) is 10.0 Å². The molecule has 3 aromatic carbocycles. The topological polar surface area (TPSA) is 93.2 Å². The minimum absolute atomic E-state index is 0.0386. The average Bonchev–Trinajstić information content (AvgIpc) is 2.98. The number of benzene rings is 3. The molecule has 2 heterocycles. The Morgan fingerprint density at radius 1 is 0.953 bits per heavy atom. The molecule has 9 nitrogen and oxygen atoms in total. The summed E-state index contributed by atoms with van der Waals surface area (Å²) in [5.41, 5.74) is 0.654. The maximum atomic E-state index is 14.1. The van der Waals surface area contributed by atoms with E-state index in [9.17, 15) is 17.2 Å². The van der Waals surface area contributed by atoms with E-state index in [4.69, 9.17) is 25.8 Å². The number of methoxy groups -OCH3 is 1. The maximum Gasteiger partial charge on any atom is 0.264 e. The lowest BCUT2D eigenvalue weighted by Gasteiger charge is -2.32. The first-order valence-electron chi connectivity index (χ1n) is 13.6. The molecule has 0 amide bonds. The lowest BCUT2D eigenvalue weighted by molar-refractivity contribution is 0.145. The summed E-state index contributed by atoms with van der Waals surface area (Å²) in [7, 11) is -0.722. The van der Waals surface area contributed by atoms with Gasteiger partial charge in [-0.2, -0.15) is 0 Å².